The van der Waals surface area contributed by atoms with Gasteiger partial charge in [-0.2, -0.15) is 0 Å². The zero-order valence-corrected chi connectivity index (χ0v) is 16.0. The lowest BCUT2D eigenvalue weighted by molar-refractivity contribution is -0.136. The molecule has 1 N–H and O–H groups in total. The summed E-state index contributed by atoms with van der Waals surface area (Å²) in [6, 6.07) is 7.70. The third-order valence-electron chi connectivity index (χ3n) is 4.87. The Morgan fingerprint density at radius 3 is 2.77 bits per heavy atom. The van der Waals surface area contributed by atoms with Crippen molar-refractivity contribution in [1.29, 1.82) is 0 Å². The van der Waals surface area contributed by atoms with Gasteiger partial charge in [0.1, 0.15) is 24.2 Å². The van der Waals surface area contributed by atoms with Crippen LogP contribution < -0.4 is 9.47 Å². The van der Waals surface area contributed by atoms with Crippen LogP contribution in [0.1, 0.15) is 41.2 Å². The van der Waals surface area contributed by atoms with Crippen molar-refractivity contribution in [2.45, 2.75) is 52.7 Å². The van der Waals surface area contributed by atoms with E-state index in [1.165, 1.54) is 0 Å². The summed E-state index contributed by atoms with van der Waals surface area (Å²) in [5.74, 6) is 0.891. The molecule has 0 aliphatic carbocycles. The van der Waals surface area contributed by atoms with Gasteiger partial charge in [-0.25, -0.2) is 0 Å². The number of aliphatic carboxylic acids is 1. The Bertz CT molecular complexity index is 844. The summed E-state index contributed by atoms with van der Waals surface area (Å²) < 4.78 is 12.0. The molecule has 5 heteroatoms. The number of carboxylic acid groups (broad SMARTS) is 1. The van der Waals surface area contributed by atoms with Crippen LogP contribution >= 0.6 is 11.6 Å². The van der Waals surface area contributed by atoms with E-state index in [0.29, 0.717) is 18.1 Å². The van der Waals surface area contributed by atoms with Gasteiger partial charge in [0.15, 0.2) is 0 Å². The number of rotatable bonds is 6. The van der Waals surface area contributed by atoms with Crippen molar-refractivity contribution in [2.75, 3.05) is 0 Å². The van der Waals surface area contributed by atoms with Crippen molar-refractivity contribution in [2.24, 2.45) is 0 Å². The van der Waals surface area contributed by atoms with E-state index in [9.17, 15) is 4.79 Å². The summed E-state index contributed by atoms with van der Waals surface area (Å²) in [5, 5.41) is 9.56. The van der Waals surface area contributed by atoms with Gasteiger partial charge in [-0.1, -0.05) is 17.7 Å². The van der Waals surface area contributed by atoms with Gasteiger partial charge in [0.2, 0.25) is 0 Å². The maximum absolute atomic E-state index is 10.8. The minimum Gasteiger partial charge on any atom is -0.490 e. The fourth-order valence-corrected chi connectivity index (χ4v) is 3.61. The predicted molar refractivity (Wildman–Crippen MR) is 101 cm³/mol. The molecule has 2 aromatic carbocycles. The van der Waals surface area contributed by atoms with Crippen LogP contribution in [0.25, 0.3) is 0 Å². The van der Waals surface area contributed by atoms with Gasteiger partial charge in [-0.15, -0.1) is 0 Å². The highest BCUT2D eigenvalue weighted by atomic mass is 35.5. The molecule has 1 aliphatic rings. The average Bonchev–Trinajstić information content (AvgIpc) is 2.95. The first-order valence-electron chi connectivity index (χ1n) is 8.76. The Balaban J connectivity index is 1.77. The van der Waals surface area contributed by atoms with Crippen molar-refractivity contribution >= 4 is 17.6 Å². The molecular weight excluding hydrogens is 352 g/mol. The Morgan fingerprint density at radius 2 is 2.04 bits per heavy atom. The summed E-state index contributed by atoms with van der Waals surface area (Å²) in [7, 11) is 0. The first-order chi connectivity index (χ1) is 12.3. The van der Waals surface area contributed by atoms with Crippen molar-refractivity contribution < 1.29 is 19.4 Å². The first-order valence-corrected chi connectivity index (χ1v) is 9.14. The molecule has 0 radical (unpaired) electrons. The number of hydrogen-bond acceptors (Lipinski definition) is 3. The Hall–Kier alpha value is -2.20. The second-order valence-electron chi connectivity index (χ2n) is 6.84. The number of aryl methyl sites for hydroxylation is 1. The van der Waals surface area contributed by atoms with Crippen molar-refractivity contribution in [1.82, 2.24) is 0 Å². The molecule has 26 heavy (non-hydrogen) atoms. The molecule has 1 heterocycles. The Kier molecular flexibility index (Phi) is 5.42. The smallest absolute Gasteiger partial charge is 0.303 e. The standard InChI is InChI=1S/C21H23ClO4/c1-12-8-16-9-18(22)10-17(21(16)26-12)11-25-19-6-4-15(5-7-20(23)24)13(2)14(19)3/h4,6,9-10,12H,5,7-8,11H2,1-3H3,(H,23,24). The van der Waals surface area contributed by atoms with Crippen LogP contribution in [0.5, 0.6) is 11.5 Å². The normalized spacial score (nSPS) is 15.5. The summed E-state index contributed by atoms with van der Waals surface area (Å²) in [6.45, 7) is 6.42. The van der Waals surface area contributed by atoms with E-state index in [4.69, 9.17) is 26.2 Å². The molecule has 0 saturated heterocycles. The van der Waals surface area contributed by atoms with Crippen LogP contribution in [0, 0.1) is 13.8 Å². The summed E-state index contributed by atoms with van der Waals surface area (Å²) in [4.78, 5) is 10.8. The molecule has 2 aromatic rings. The number of benzene rings is 2. The van der Waals surface area contributed by atoms with Crippen LogP contribution in [-0.2, 0) is 24.2 Å². The zero-order valence-electron chi connectivity index (χ0n) is 15.3. The maximum atomic E-state index is 10.8. The highest BCUT2D eigenvalue weighted by Gasteiger charge is 2.23. The fraction of sp³-hybridized carbons (Fsp3) is 0.381. The van der Waals surface area contributed by atoms with Gasteiger partial charge in [0.25, 0.3) is 0 Å². The van der Waals surface area contributed by atoms with E-state index in [-0.39, 0.29) is 12.5 Å². The van der Waals surface area contributed by atoms with E-state index in [0.717, 1.165) is 45.7 Å². The minimum absolute atomic E-state index is 0.130. The average molecular weight is 375 g/mol. The molecule has 1 aliphatic heterocycles. The number of hydrogen-bond donors (Lipinski definition) is 1. The molecule has 0 amide bonds. The number of carboxylic acids is 1. The van der Waals surface area contributed by atoms with Crippen LogP contribution in [0.15, 0.2) is 24.3 Å². The lowest BCUT2D eigenvalue weighted by atomic mass is 9.99. The van der Waals surface area contributed by atoms with Crippen LogP contribution in [-0.4, -0.2) is 17.2 Å². The third-order valence-corrected chi connectivity index (χ3v) is 5.09. The van der Waals surface area contributed by atoms with Gasteiger partial charge >= 0.3 is 5.97 Å². The second kappa shape index (κ2) is 7.58. The molecule has 138 valence electrons. The van der Waals surface area contributed by atoms with Gasteiger partial charge < -0.3 is 14.6 Å². The van der Waals surface area contributed by atoms with Crippen molar-refractivity contribution in [3.8, 4) is 11.5 Å². The lowest BCUT2D eigenvalue weighted by Crippen LogP contribution is -2.07. The largest absolute Gasteiger partial charge is 0.490 e. The Labute approximate surface area is 158 Å². The van der Waals surface area contributed by atoms with Gasteiger partial charge in [0.05, 0.1) is 0 Å². The van der Waals surface area contributed by atoms with Gasteiger partial charge in [-0.05, 0) is 67.6 Å². The molecule has 1 unspecified atom stereocenters. The highest BCUT2D eigenvalue weighted by molar-refractivity contribution is 6.30. The zero-order chi connectivity index (χ0) is 18.8. The maximum Gasteiger partial charge on any atom is 0.303 e. The number of carbonyl (C=O) groups is 1. The Morgan fingerprint density at radius 1 is 1.27 bits per heavy atom. The van der Waals surface area contributed by atoms with Gasteiger partial charge in [-0.3, -0.25) is 4.79 Å². The van der Waals surface area contributed by atoms with Gasteiger partial charge in [0, 0.05) is 23.4 Å². The molecule has 4 nitrogen and oxygen atoms in total. The predicted octanol–water partition coefficient (Wildman–Crippen LogP) is 4.88. The second-order valence-corrected chi connectivity index (χ2v) is 7.28. The third kappa shape index (κ3) is 3.96. The van der Waals surface area contributed by atoms with Crippen LogP contribution in [0.4, 0.5) is 0 Å². The van der Waals surface area contributed by atoms with E-state index in [1.54, 1.807) is 0 Å². The quantitative estimate of drug-likeness (QED) is 0.783. The monoisotopic (exact) mass is 374 g/mol. The van der Waals surface area contributed by atoms with E-state index >= 15 is 0 Å². The molecule has 1 atom stereocenters. The summed E-state index contributed by atoms with van der Waals surface area (Å²) in [6.07, 6.45) is 1.67. The fourth-order valence-electron chi connectivity index (χ4n) is 3.35. The molecule has 0 fully saturated rings. The van der Waals surface area contributed by atoms with Crippen LogP contribution in [0.3, 0.4) is 0 Å². The molecule has 3 rings (SSSR count). The molecule has 0 bridgehead atoms. The molecule has 0 spiro atoms. The molecule has 0 aromatic heterocycles. The molecular formula is C21H23ClO4. The van der Waals surface area contributed by atoms with Crippen LogP contribution in [0.2, 0.25) is 5.02 Å². The number of ether oxygens (including phenoxy) is 2. The van der Waals surface area contributed by atoms with Crippen molar-refractivity contribution in [3.63, 3.8) is 0 Å². The van der Waals surface area contributed by atoms with E-state index < -0.39 is 5.97 Å². The molecule has 0 saturated carbocycles. The topological polar surface area (TPSA) is 55.8 Å². The number of halogens is 1. The first kappa shape index (κ1) is 18.6. The van der Waals surface area contributed by atoms with Crippen molar-refractivity contribution in [3.05, 3.63) is 57.1 Å². The van der Waals surface area contributed by atoms with E-state index in [2.05, 4.69) is 0 Å². The lowest BCUT2D eigenvalue weighted by Gasteiger charge is -2.16. The minimum atomic E-state index is -0.786. The summed E-state index contributed by atoms with van der Waals surface area (Å²) >= 11 is 6.24. The SMILES string of the molecule is Cc1c(CCC(=O)O)ccc(OCc2cc(Cl)cc3c2OC(C)C3)c1C. The highest BCUT2D eigenvalue weighted by Crippen LogP contribution is 2.36. The number of fused-ring (bicyclic) bond motifs is 1. The van der Waals surface area contributed by atoms with E-state index in [1.807, 2.05) is 45.0 Å². The summed E-state index contributed by atoms with van der Waals surface area (Å²) in [5.41, 5.74) is 5.22.